The first-order valence-electron chi connectivity index (χ1n) is 3.37. The van der Waals surface area contributed by atoms with E-state index in [-0.39, 0.29) is 14.3 Å². The summed E-state index contributed by atoms with van der Waals surface area (Å²) in [5, 5.41) is -0.122. The first-order chi connectivity index (χ1) is 6.31. The number of nitrogens with zero attached hydrogens (tertiary/aromatic N) is 1. The minimum Gasteiger partial charge on any atom is -0.404 e. The lowest BCUT2D eigenvalue weighted by Crippen LogP contribution is -2.18. The van der Waals surface area contributed by atoms with Crippen LogP contribution in [-0.4, -0.2) is 11.3 Å². The molecule has 0 bridgehead atoms. The molecule has 14 heavy (non-hydrogen) atoms. The Kier molecular flexibility index (Phi) is 3.46. The highest BCUT2D eigenvalue weighted by atomic mass is 127. The summed E-state index contributed by atoms with van der Waals surface area (Å²) in [6.45, 7) is 1.44. The molecule has 0 aliphatic rings. The molecule has 1 heterocycles. The maximum atomic E-state index is 11.9. The molecule has 2 nitrogen and oxygen atoms in total. The Labute approximate surface area is 96.6 Å². The van der Waals surface area contributed by atoms with Crippen molar-refractivity contribution in [2.75, 3.05) is 0 Å². The number of hydrogen-bond donors (Lipinski definition) is 0. The van der Waals surface area contributed by atoms with Crippen LogP contribution >= 0.6 is 34.2 Å². The molecule has 0 fully saturated rings. The average Bonchev–Trinajstić information content (AvgIpc) is 2.04. The minimum atomic E-state index is -4.74. The van der Waals surface area contributed by atoms with Gasteiger partial charge in [0.25, 0.3) is 0 Å². The van der Waals surface area contributed by atoms with Crippen LogP contribution in [0.1, 0.15) is 5.56 Å². The molecule has 0 saturated carbocycles. The molecule has 7 heteroatoms. The standard InChI is InChI=1S/C7H4ClF3INO/c1-3-2-13-6(12)4(8)5(3)14-7(9,10)11/h2H,1H3. The fourth-order valence-electron chi connectivity index (χ4n) is 0.777. The average molecular weight is 337 g/mol. The summed E-state index contributed by atoms with van der Waals surface area (Å²) in [5.41, 5.74) is 0.243. The van der Waals surface area contributed by atoms with Gasteiger partial charge in [0.15, 0.2) is 5.75 Å². The van der Waals surface area contributed by atoms with Gasteiger partial charge in [-0.15, -0.1) is 13.2 Å². The Morgan fingerprint density at radius 3 is 2.57 bits per heavy atom. The second kappa shape index (κ2) is 4.09. The van der Waals surface area contributed by atoms with Gasteiger partial charge in [-0.05, 0) is 29.5 Å². The lowest BCUT2D eigenvalue weighted by Gasteiger charge is -2.12. The van der Waals surface area contributed by atoms with E-state index in [0.29, 0.717) is 0 Å². The maximum absolute atomic E-state index is 11.9. The van der Waals surface area contributed by atoms with Gasteiger partial charge >= 0.3 is 6.36 Å². The van der Waals surface area contributed by atoms with Crippen LogP contribution in [0.15, 0.2) is 6.20 Å². The van der Waals surface area contributed by atoms with Crippen molar-refractivity contribution in [1.82, 2.24) is 4.98 Å². The van der Waals surface area contributed by atoms with Crippen molar-refractivity contribution in [2.45, 2.75) is 13.3 Å². The second-order valence-corrected chi connectivity index (χ2v) is 3.82. The number of aryl methyl sites for hydroxylation is 1. The number of rotatable bonds is 1. The van der Waals surface area contributed by atoms with Crippen molar-refractivity contribution < 1.29 is 17.9 Å². The fourth-order valence-corrected chi connectivity index (χ4v) is 1.40. The van der Waals surface area contributed by atoms with Crippen LogP contribution < -0.4 is 4.74 Å². The lowest BCUT2D eigenvalue weighted by atomic mass is 10.3. The Hall–Kier alpha value is -0.240. The molecule has 0 saturated heterocycles. The van der Waals surface area contributed by atoms with Crippen LogP contribution in [0.2, 0.25) is 5.02 Å². The van der Waals surface area contributed by atoms with Gasteiger partial charge in [-0.25, -0.2) is 4.98 Å². The zero-order valence-electron chi connectivity index (χ0n) is 6.82. The molecule has 0 unspecified atom stereocenters. The van der Waals surface area contributed by atoms with Crippen molar-refractivity contribution in [3.05, 3.63) is 20.5 Å². The summed E-state index contributed by atoms with van der Waals surface area (Å²) < 4.78 is 39.8. The molecule has 1 aromatic rings. The van der Waals surface area contributed by atoms with E-state index in [1.54, 1.807) is 22.6 Å². The third-order valence-corrected chi connectivity index (χ3v) is 2.82. The number of ether oxygens (including phenoxy) is 1. The Morgan fingerprint density at radius 1 is 1.50 bits per heavy atom. The highest BCUT2D eigenvalue weighted by Crippen LogP contribution is 2.34. The Balaban J connectivity index is 3.13. The third-order valence-electron chi connectivity index (χ3n) is 1.33. The number of alkyl halides is 3. The molecular weight excluding hydrogens is 333 g/mol. The molecule has 0 N–H and O–H groups in total. The smallest absolute Gasteiger partial charge is 0.404 e. The fraction of sp³-hybridized carbons (Fsp3) is 0.286. The zero-order valence-corrected chi connectivity index (χ0v) is 9.74. The predicted molar refractivity (Wildman–Crippen MR) is 53.4 cm³/mol. The van der Waals surface area contributed by atoms with Crippen molar-refractivity contribution >= 4 is 34.2 Å². The highest BCUT2D eigenvalue weighted by molar-refractivity contribution is 14.1. The number of hydrogen-bond acceptors (Lipinski definition) is 2. The van der Waals surface area contributed by atoms with Crippen molar-refractivity contribution in [2.24, 2.45) is 0 Å². The van der Waals surface area contributed by atoms with Gasteiger partial charge in [-0.1, -0.05) is 11.6 Å². The molecule has 0 aromatic carbocycles. The van der Waals surface area contributed by atoms with Crippen LogP contribution in [-0.2, 0) is 0 Å². The van der Waals surface area contributed by atoms with Gasteiger partial charge in [0.1, 0.15) is 8.72 Å². The molecule has 0 spiro atoms. The zero-order chi connectivity index (χ0) is 10.9. The van der Waals surface area contributed by atoms with E-state index in [4.69, 9.17) is 11.6 Å². The van der Waals surface area contributed by atoms with Crippen LogP contribution in [0.5, 0.6) is 5.75 Å². The number of halogens is 5. The Bertz CT molecular complexity index is 356. The van der Waals surface area contributed by atoms with Gasteiger partial charge in [-0.2, -0.15) is 0 Å². The van der Waals surface area contributed by atoms with Gasteiger partial charge in [-0.3, -0.25) is 0 Å². The maximum Gasteiger partial charge on any atom is 0.573 e. The lowest BCUT2D eigenvalue weighted by molar-refractivity contribution is -0.274. The van der Waals surface area contributed by atoms with Crippen LogP contribution in [0.25, 0.3) is 0 Å². The van der Waals surface area contributed by atoms with Gasteiger partial charge in [0.05, 0.1) is 0 Å². The predicted octanol–water partition coefficient (Wildman–Crippen LogP) is 3.55. The van der Waals surface area contributed by atoms with E-state index in [9.17, 15) is 13.2 Å². The van der Waals surface area contributed by atoms with E-state index in [0.717, 1.165) is 0 Å². The van der Waals surface area contributed by atoms with Crippen molar-refractivity contribution in [3.63, 3.8) is 0 Å². The SMILES string of the molecule is Cc1cnc(I)c(Cl)c1OC(F)(F)F. The van der Waals surface area contributed by atoms with Crippen LogP contribution in [0.3, 0.4) is 0 Å². The summed E-state index contributed by atoms with van der Waals surface area (Å²) >= 11 is 7.34. The van der Waals surface area contributed by atoms with Crippen LogP contribution in [0, 0.1) is 10.6 Å². The molecule has 0 aliphatic carbocycles. The van der Waals surface area contributed by atoms with Gasteiger partial charge in [0.2, 0.25) is 0 Å². The topological polar surface area (TPSA) is 22.1 Å². The molecule has 1 aromatic heterocycles. The van der Waals surface area contributed by atoms with E-state index in [2.05, 4.69) is 9.72 Å². The van der Waals surface area contributed by atoms with E-state index in [1.807, 2.05) is 0 Å². The summed E-state index contributed by atoms with van der Waals surface area (Å²) in [5.74, 6) is -0.390. The largest absolute Gasteiger partial charge is 0.573 e. The molecule has 1 rings (SSSR count). The van der Waals surface area contributed by atoms with E-state index < -0.39 is 12.1 Å². The summed E-state index contributed by atoms with van der Waals surface area (Å²) in [7, 11) is 0. The molecule has 0 amide bonds. The van der Waals surface area contributed by atoms with Crippen molar-refractivity contribution in [3.8, 4) is 5.75 Å². The van der Waals surface area contributed by atoms with Gasteiger partial charge in [0, 0.05) is 11.8 Å². The van der Waals surface area contributed by atoms with Crippen LogP contribution in [0.4, 0.5) is 13.2 Å². The molecule has 0 atom stereocenters. The molecule has 0 aliphatic heterocycles. The highest BCUT2D eigenvalue weighted by Gasteiger charge is 2.33. The minimum absolute atomic E-state index is 0.122. The Morgan fingerprint density at radius 2 is 2.07 bits per heavy atom. The van der Waals surface area contributed by atoms with Gasteiger partial charge < -0.3 is 4.74 Å². The first kappa shape index (κ1) is 11.8. The van der Waals surface area contributed by atoms with Crippen molar-refractivity contribution in [1.29, 1.82) is 0 Å². The second-order valence-electron chi connectivity index (χ2n) is 2.42. The summed E-state index contributed by atoms with van der Waals surface area (Å²) in [6.07, 6.45) is -3.46. The van der Waals surface area contributed by atoms with E-state index in [1.165, 1.54) is 13.1 Å². The molecule has 78 valence electrons. The summed E-state index contributed by atoms with van der Waals surface area (Å²) in [4.78, 5) is 3.78. The third kappa shape index (κ3) is 2.88. The first-order valence-corrected chi connectivity index (χ1v) is 4.83. The molecule has 0 radical (unpaired) electrons. The normalized spacial score (nSPS) is 11.6. The summed E-state index contributed by atoms with van der Waals surface area (Å²) in [6, 6.07) is 0. The quantitative estimate of drug-likeness (QED) is 0.577. The number of pyridine rings is 1. The molecular formula is C7H4ClF3INO. The van der Waals surface area contributed by atoms with E-state index >= 15 is 0 Å². The monoisotopic (exact) mass is 337 g/mol. The number of aromatic nitrogens is 1.